The molecular formula is C63H100O5. The Morgan fingerprint density at radius 1 is 0.338 bits per heavy atom. The van der Waals surface area contributed by atoms with Gasteiger partial charge in [0.1, 0.15) is 6.61 Å². The second-order valence-corrected chi connectivity index (χ2v) is 17.5. The van der Waals surface area contributed by atoms with E-state index < -0.39 is 6.10 Å². The number of aliphatic hydroxyl groups excluding tert-OH is 1. The first-order chi connectivity index (χ1) is 33.6. The Labute approximate surface area is 418 Å². The molecule has 0 spiro atoms. The lowest BCUT2D eigenvalue weighted by Gasteiger charge is -2.15. The summed E-state index contributed by atoms with van der Waals surface area (Å²) >= 11 is 0. The predicted octanol–water partition coefficient (Wildman–Crippen LogP) is 18.6. The van der Waals surface area contributed by atoms with Crippen LogP contribution in [0.2, 0.25) is 0 Å². The second-order valence-electron chi connectivity index (χ2n) is 17.5. The molecule has 5 nitrogen and oxygen atoms in total. The normalized spacial score (nSPS) is 13.4. The van der Waals surface area contributed by atoms with Crippen molar-refractivity contribution in [1.29, 1.82) is 0 Å². The molecule has 68 heavy (non-hydrogen) atoms. The van der Waals surface area contributed by atoms with Gasteiger partial charge < -0.3 is 14.6 Å². The van der Waals surface area contributed by atoms with E-state index in [4.69, 9.17) is 9.47 Å². The Morgan fingerprint density at radius 2 is 0.588 bits per heavy atom. The fourth-order valence-corrected chi connectivity index (χ4v) is 7.09. The standard InChI is InChI=1S/C63H100O5/c1-3-5-7-9-11-13-15-17-19-21-23-24-25-26-27-28-29-30-31-32-33-34-35-36-37-38-40-42-44-46-48-50-52-54-56-58-63(66)68-61(59-64)60-67-62(65)57-55-53-51-49-47-45-43-41-39-22-20-18-16-14-12-10-8-6-4-2/h5-8,11-14,17-20,23-24,26-27,29-30,32-33,39,41,45,47,61,64H,3-4,9-10,15-16,21-22,25,28,31,34-38,40,42-44,46,48-60H2,1-2H3/b7-5-,8-6-,13-11-,14-12-,19-17-,20-18-,24-23-,27-26-,30-29-,33-32-,41-39-,47-45-. The molecule has 1 atom stereocenters. The molecule has 0 fully saturated rings. The molecule has 5 heteroatoms. The topological polar surface area (TPSA) is 72.8 Å². The molecular weight excluding hydrogens is 837 g/mol. The number of carbonyl (C=O) groups excluding carboxylic acids is 2. The maximum absolute atomic E-state index is 12.3. The van der Waals surface area contributed by atoms with Gasteiger partial charge in [-0.05, 0) is 116 Å². The Bertz CT molecular complexity index is 1480. The predicted molar refractivity (Wildman–Crippen MR) is 297 cm³/mol. The van der Waals surface area contributed by atoms with Crippen molar-refractivity contribution >= 4 is 11.9 Å². The first kappa shape index (κ1) is 63.8. The molecule has 0 aromatic heterocycles. The molecule has 0 saturated carbocycles. The van der Waals surface area contributed by atoms with Gasteiger partial charge in [0.25, 0.3) is 0 Å². The zero-order valence-corrected chi connectivity index (χ0v) is 43.6. The highest BCUT2D eigenvalue weighted by Gasteiger charge is 2.16. The average Bonchev–Trinajstić information content (AvgIpc) is 3.34. The summed E-state index contributed by atoms with van der Waals surface area (Å²) in [6.07, 6.45) is 86.7. The van der Waals surface area contributed by atoms with Crippen molar-refractivity contribution in [2.45, 2.75) is 225 Å². The molecule has 0 saturated heterocycles. The lowest BCUT2D eigenvalue weighted by atomic mass is 10.0. The van der Waals surface area contributed by atoms with Gasteiger partial charge in [-0.25, -0.2) is 0 Å². The van der Waals surface area contributed by atoms with E-state index in [0.29, 0.717) is 12.8 Å². The molecule has 0 radical (unpaired) electrons. The third kappa shape index (κ3) is 54.4. The molecule has 1 unspecified atom stereocenters. The van der Waals surface area contributed by atoms with Crippen LogP contribution >= 0.6 is 0 Å². The number of esters is 2. The molecule has 0 rings (SSSR count). The van der Waals surface area contributed by atoms with Crippen molar-refractivity contribution in [3.63, 3.8) is 0 Å². The second kappa shape index (κ2) is 57.1. The monoisotopic (exact) mass is 937 g/mol. The van der Waals surface area contributed by atoms with Gasteiger partial charge in [-0.2, -0.15) is 0 Å². The Kier molecular flexibility index (Phi) is 53.6. The first-order valence-corrected chi connectivity index (χ1v) is 27.4. The zero-order chi connectivity index (χ0) is 49.2. The SMILES string of the molecule is CC/C=C\C/C=C\C/C=C\C/C=C\C/C=C\C/C=C\C/C=C\CCCCCCCCCCCCCCCC(=O)OC(CO)COC(=O)CCCCC/C=C\C/C=C\C/C=C\C/C=C\C/C=C\CC. The maximum atomic E-state index is 12.3. The number of hydrogen-bond donors (Lipinski definition) is 1. The lowest BCUT2D eigenvalue weighted by molar-refractivity contribution is -0.161. The number of rotatable bonds is 48. The van der Waals surface area contributed by atoms with Gasteiger partial charge in [-0.1, -0.05) is 237 Å². The van der Waals surface area contributed by atoms with Crippen LogP contribution in [-0.2, 0) is 19.1 Å². The summed E-state index contributed by atoms with van der Waals surface area (Å²) in [7, 11) is 0. The molecule has 0 bridgehead atoms. The van der Waals surface area contributed by atoms with Gasteiger partial charge in [0.15, 0.2) is 6.10 Å². The Morgan fingerprint density at radius 3 is 0.897 bits per heavy atom. The van der Waals surface area contributed by atoms with E-state index in [9.17, 15) is 14.7 Å². The average molecular weight is 937 g/mol. The first-order valence-electron chi connectivity index (χ1n) is 27.4. The minimum Gasteiger partial charge on any atom is -0.462 e. The zero-order valence-electron chi connectivity index (χ0n) is 43.6. The van der Waals surface area contributed by atoms with E-state index in [1.807, 2.05) is 0 Å². The van der Waals surface area contributed by atoms with Gasteiger partial charge in [0, 0.05) is 12.8 Å². The van der Waals surface area contributed by atoms with Crippen molar-refractivity contribution in [3.05, 3.63) is 146 Å². The highest BCUT2D eigenvalue weighted by Crippen LogP contribution is 2.14. The fraction of sp³-hybridized carbons (Fsp3) is 0.587. The van der Waals surface area contributed by atoms with Crippen LogP contribution in [0.4, 0.5) is 0 Å². The van der Waals surface area contributed by atoms with E-state index in [1.165, 1.54) is 70.6 Å². The maximum Gasteiger partial charge on any atom is 0.306 e. The highest BCUT2D eigenvalue weighted by atomic mass is 16.6. The molecule has 0 amide bonds. The van der Waals surface area contributed by atoms with Gasteiger partial charge >= 0.3 is 11.9 Å². The molecule has 0 aromatic carbocycles. The van der Waals surface area contributed by atoms with E-state index in [1.54, 1.807) is 0 Å². The van der Waals surface area contributed by atoms with Crippen molar-refractivity contribution in [2.24, 2.45) is 0 Å². The van der Waals surface area contributed by atoms with Crippen LogP contribution in [0.3, 0.4) is 0 Å². The van der Waals surface area contributed by atoms with Crippen LogP contribution in [0.15, 0.2) is 146 Å². The van der Waals surface area contributed by atoms with Crippen LogP contribution in [0, 0.1) is 0 Å². The summed E-state index contributed by atoms with van der Waals surface area (Å²) in [5, 5.41) is 9.64. The number of unbranched alkanes of at least 4 members (excludes halogenated alkanes) is 16. The minimum atomic E-state index is -0.797. The summed E-state index contributed by atoms with van der Waals surface area (Å²) < 4.78 is 10.7. The molecule has 0 heterocycles. The van der Waals surface area contributed by atoms with Crippen molar-refractivity contribution < 1.29 is 24.2 Å². The van der Waals surface area contributed by atoms with E-state index in [-0.39, 0.29) is 25.2 Å². The summed E-state index contributed by atoms with van der Waals surface area (Å²) in [6.45, 7) is 3.87. The number of allylic oxidation sites excluding steroid dienone is 24. The largest absolute Gasteiger partial charge is 0.462 e. The van der Waals surface area contributed by atoms with E-state index in [2.05, 4.69) is 160 Å². The Balaban J connectivity index is 3.58. The molecule has 0 aromatic rings. The lowest BCUT2D eigenvalue weighted by Crippen LogP contribution is -2.28. The van der Waals surface area contributed by atoms with Gasteiger partial charge in [-0.15, -0.1) is 0 Å². The third-order valence-corrected chi connectivity index (χ3v) is 11.1. The number of hydrogen-bond acceptors (Lipinski definition) is 5. The molecule has 382 valence electrons. The summed E-state index contributed by atoms with van der Waals surface area (Å²) in [4.78, 5) is 24.5. The highest BCUT2D eigenvalue weighted by molar-refractivity contribution is 5.70. The summed E-state index contributed by atoms with van der Waals surface area (Å²) in [5.41, 5.74) is 0. The van der Waals surface area contributed by atoms with Crippen LogP contribution < -0.4 is 0 Å². The smallest absolute Gasteiger partial charge is 0.306 e. The number of ether oxygens (including phenoxy) is 2. The van der Waals surface area contributed by atoms with Crippen LogP contribution in [-0.4, -0.2) is 36.4 Å². The van der Waals surface area contributed by atoms with Crippen LogP contribution in [0.1, 0.15) is 219 Å². The molecule has 0 aliphatic rings. The number of carbonyl (C=O) groups is 2. The summed E-state index contributed by atoms with van der Waals surface area (Å²) in [5.74, 6) is -0.638. The van der Waals surface area contributed by atoms with E-state index in [0.717, 1.165) is 122 Å². The van der Waals surface area contributed by atoms with Crippen LogP contribution in [0.5, 0.6) is 0 Å². The van der Waals surface area contributed by atoms with Crippen molar-refractivity contribution in [3.8, 4) is 0 Å². The molecule has 0 aliphatic carbocycles. The third-order valence-electron chi connectivity index (χ3n) is 11.1. The quantitative estimate of drug-likeness (QED) is 0.0374. The van der Waals surface area contributed by atoms with E-state index >= 15 is 0 Å². The van der Waals surface area contributed by atoms with Gasteiger partial charge in [0.2, 0.25) is 0 Å². The molecule has 1 N–H and O–H groups in total. The molecule has 0 aliphatic heterocycles. The minimum absolute atomic E-state index is 0.0917. The van der Waals surface area contributed by atoms with Crippen molar-refractivity contribution in [1.82, 2.24) is 0 Å². The summed E-state index contributed by atoms with van der Waals surface area (Å²) in [6, 6.07) is 0. The van der Waals surface area contributed by atoms with Gasteiger partial charge in [0.05, 0.1) is 6.61 Å². The van der Waals surface area contributed by atoms with Crippen molar-refractivity contribution in [2.75, 3.05) is 13.2 Å². The number of aliphatic hydroxyl groups is 1. The fourth-order valence-electron chi connectivity index (χ4n) is 7.09. The van der Waals surface area contributed by atoms with Gasteiger partial charge in [-0.3, -0.25) is 9.59 Å². The van der Waals surface area contributed by atoms with Crippen LogP contribution in [0.25, 0.3) is 0 Å². The Hall–Kier alpha value is -4.22.